The first-order valence-electron chi connectivity index (χ1n) is 5.44. The third-order valence-electron chi connectivity index (χ3n) is 2.71. The average Bonchev–Trinajstić information content (AvgIpc) is 2.31. The predicted molar refractivity (Wildman–Crippen MR) is 67.9 cm³/mol. The van der Waals surface area contributed by atoms with Crippen molar-refractivity contribution < 1.29 is 4.79 Å². The third-order valence-corrected chi connectivity index (χ3v) is 3.01. The molecule has 1 amide bonds. The van der Waals surface area contributed by atoms with Crippen LogP contribution in [0.25, 0.3) is 0 Å². The number of halogens is 1. The normalized spacial score (nSPS) is 15.6. The Bertz CT molecular complexity index is 485. The Morgan fingerprint density at radius 1 is 1.59 bits per heavy atom. The summed E-state index contributed by atoms with van der Waals surface area (Å²) in [5, 5.41) is 0.205. The smallest absolute Gasteiger partial charge is 0.257 e. The Hall–Kier alpha value is -1.55. The monoisotopic (exact) mass is 251 g/mol. The zero-order valence-corrected chi connectivity index (χ0v) is 10.4. The van der Waals surface area contributed by atoms with Gasteiger partial charge >= 0.3 is 0 Å². The van der Waals surface area contributed by atoms with Gasteiger partial charge in [-0.05, 0) is 19.4 Å². The number of rotatable bonds is 1. The van der Waals surface area contributed by atoms with Gasteiger partial charge in [-0.25, -0.2) is 4.98 Å². The first-order valence-corrected chi connectivity index (χ1v) is 5.81. The van der Waals surface area contributed by atoms with Crippen LogP contribution in [-0.4, -0.2) is 28.9 Å². The molecule has 0 bridgehead atoms. The molecule has 0 fully saturated rings. The fourth-order valence-corrected chi connectivity index (χ4v) is 2.05. The Balaban J connectivity index is 2.25. The molecule has 2 rings (SSSR count). The van der Waals surface area contributed by atoms with Crippen LogP contribution >= 0.6 is 11.6 Å². The van der Waals surface area contributed by atoms with E-state index in [2.05, 4.69) is 11.1 Å². The van der Waals surface area contributed by atoms with Crippen molar-refractivity contribution in [2.45, 2.75) is 13.3 Å². The van der Waals surface area contributed by atoms with Gasteiger partial charge in [0.1, 0.15) is 5.15 Å². The summed E-state index contributed by atoms with van der Waals surface area (Å²) < 4.78 is 0. The zero-order valence-electron chi connectivity index (χ0n) is 9.61. The van der Waals surface area contributed by atoms with Crippen LogP contribution in [0, 0.1) is 0 Å². The maximum Gasteiger partial charge on any atom is 0.257 e. The minimum absolute atomic E-state index is 0.109. The van der Waals surface area contributed by atoms with Crippen molar-refractivity contribution in [3.05, 3.63) is 34.6 Å². The van der Waals surface area contributed by atoms with Gasteiger partial charge in [0, 0.05) is 13.1 Å². The molecule has 5 heteroatoms. The number of nitrogens with zero attached hydrogens (tertiary/aromatic N) is 2. The van der Waals surface area contributed by atoms with Crippen molar-refractivity contribution >= 4 is 23.2 Å². The maximum absolute atomic E-state index is 12.2. The van der Waals surface area contributed by atoms with Crippen LogP contribution in [0.1, 0.15) is 23.7 Å². The van der Waals surface area contributed by atoms with Gasteiger partial charge in [-0.15, -0.1) is 0 Å². The number of carbonyl (C=O) groups is 1. The molecule has 1 aromatic heterocycles. The number of aromatic nitrogens is 1. The summed E-state index contributed by atoms with van der Waals surface area (Å²) in [4.78, 5) is 17.9. The molecule has 0 saturated heterocycles. The van der Waals surface area contributed by atoms with Gasteiger partial charge in [0.2, 0.25) is 0 Å². The molecule has 0 unspecified atom stereocenters. The number of hydrogen-bond acceptors (Lipinski definition) is 3. The summed E-state index contributed by atoms with van der Waals surface area (Å²) in [6.07, 6.45) is 4.47. The van der Waals surface area contributed by atoms with Crippen LogP contribution in [0.2, 0.25) is 5.15 Å². The minimum Gasteiger partial charge on any atom is -0.397 e. The highest BCUT2D eigenvalue weighted by Gasteiger charge is 2.21. The molecule has 0 radical (unpaired) electrons. The largest absolute Gasteiger partial charge is 0.397 e. The van der Waals surface area contributed by atoms with Gasteiger partial charge < -0.3 is 10.6 Å². The molecule has 1 aliphatic rings. The summed E-state index contributed by atoms with van der Waals surface area (Å²) >= 11 is 5.92. The fourth-order valence-electron chi connectivity index (χ4n) is 1.87. The van der Waals surface area contributed by atoms with Crippen LogP contribution in [-0.2, 0) is 0 Å². The lowest BCUT2D eigenvalue weighted by Crippen LogP contribution is -2.35. The first-order chi connectivity index (χ1) is 8.08. The molecule has 90 valence electrons. The molecule has 1 aromatic rings. The fraction of sp³-hybridized carbons (Fsp3) is 0.333. The van der Waals surface area contributed by atoms with Crippen molar-refractivity contribution in [3.63, 3.8) is 0 Å². The standard InChI is InChI=1S/C12H14ClN3O/c1-8-3-2-4-16(7-8)12(17)10-5-9(14)6-15-11(10)13/h3,5-6H,2,4,7,14H2,1H3. The van der Waals surface area contributed by atoms with E-state index in [4.69, 9.17) is 17.3 Å². The Kier molecular flexibility index (Phi) is 3.33. The van der Waals surface area contributed by atoms with E-state index in [0.717, 1.165) is 6.42 Å². The van der Waals surface area contributed by atoms with Gasteiger partial charge in [-0.1, -0.05) is 23.3 Å². The first kappa shape index (κ1) is 11.9. The second kappa shape index (κ2) is 4.75. The van der Waals surface area contributed by atoms with Crippen molar-refractivity contribution in [2.75, 3.05) is 18.8 Å². The number of nitrogens with two attached hydrogens (primary N) is 1. The van der Waals surface area contributed by atoms with Gasteiger partial charge in [0.15, 0.2) is 0 Å². The molecule has 0 aliphatic carbocycles. The van der Waals surface area contributed by atoms with Crippen molar-refractivity contribution in [1.29, 1.82) is 0 Å². The van der Waals surface area contributed by atoms with E-state index in [0.29, 0.717) is 24.3 Å². The number of anilines is 1. The summed E-state index contributed by atoms with van der Waals surface area (Å²) in [5.74, 6) is -0.109. The lowest BCUT2D eigenvalue weighted by molar-refractivity contribution is 0.0766. The topological polar surface area (TPSA) is 59.2 Å². The lowest BCUT2D eigenvalue weighted by Gasteiger charge is -2.26. The number of nitrogen functional groups attached to an aromatic ring is 1. The molecule has 0 aromatic carbocycles. The Morgan fingerprint density at radius 2 is 2.35 bits per heavy atom. The second-order valence-corrected chi connectivity index (χ2v) is 4.53. The van der Waals surface area contributed by atoms with Crippen LogP contribution in [0.4, 0.5) is 5.69 Å². The highest BCUT2D eigenvalue weighted by atomic mass is 35.5. The zero-order chi connectivity index (χ0) is 12.4. The molecule has 2 N–H and O–H groups in total. The van der Waals surface area contributed by atoms with E-state index in [-0.39, 0.29) is 11.1 Å². The molecule has 17 heavy (non-hydrogen) atoms. The van der Waals surface area contributed by atoms with Gasteiger partial charge in [0.25, 0.3) is 5.91 Å². The van der Waals surface area contributed by atoms with Crippen LogP contribution in [0.5, 0.6) is 0 Å². The van der Waals surface area contributed by atoms with Crippen molar-refractivity contribution in [1.82, 2.24) is 9.88 Å². The van der Waals surface area contributed by atoms with E-state index in [9.17, 15) is 4.79 Å². The molecule has 0 atom stereocenters. The third kappa shape index (κ3) is 2.58. The SMILES string of the molecule is CC1=CCCN(C(=O)c2cc(N)cnc2Cl)C1. The summed E-state index contributed by atoms with van der Waals surface area (Å²) in [7, 11) is 0. The number of pyridine rings is 1. The van der Waals surface area contributed by atoms with E-state index >= 15 is 0 Å². The summed E-state index contributed by atoms with van der Waals surface area (Å²) in [6.45, 7) is 3.36. The highest BCUT2D eigenvalue weighted by Crippen LogP contribution is 2.20. The average molecular weight is 252 g/mol. The molecule has 2 heterocycles. The summed E-state index contributed by atoms with van der Waals surface area (Å²) in [6, 6.07) is 1.57. The molecule has 1 aliphatic heterocycles. The second-order valence-electron chi connectivity index (χ2n) is 4.17. The van der Waals surface area contributed by atoms with Crippen molar-refractivity contribution in [3.8, 4) is 0 Å². The molecule has 0 spiro atoms. The van der Waals surface area contributed by atoms with E-state index < -0.39 is 0 Å². The predicted octanol–water partition coefficient (Wildman–Crippen LogP) is 2.11. The Morgan fingerprint density at radius 3 is 3.06 bits per heavy atom. The minimum atomic E-state index is -0.109. The van der Waals surface area contributed by atoms with Crippen LogP contribution in [0.3, 0.4) is 0 Å². The quantitative estimate of drug-likeness (QED) is 0.614. The number of amides is 1. The number of carbonyl (C=O) groups excluding carboxylic acids is 1. The van der Waals surface area contributed by atoms with Crippen molar-refractivity contribution in [2.24, 2.45) is 0 Å². The molecule has 4 nitrogen and oxygen atoms in total. The number of hydrogen-bond donors (Lipinski definition) is 1. The van der Waals surface area contributed by atoms with Gasteiger partial charge in [-0.2, -0.15) is 0 Å². The molecule has 0 saturated carbocycles. The molecular formula is C12H14ClN3O. The summed E-state index contributed by atoms with van der Waals surface area (Å²) in [5.41, 5.74) is 7.63. The Labute approximate surface area is 105 Å². The van der Waals surface area contributed by atoms with E-state index in [1.807, 2.05) is 6.92 Å². The van der Waals surface area contributed by atoms with E-state index in [1.165, 1.54) is 11.8 Å². The molecular weight excluding hydrogens is 238 g/mol. The maximum atomic E-state index is 12.2. The van der Waals surface area contributed by atoms with E-state index in [1.54, 1.807) is 11.0 Å². The highest BCUT2D eigenvalue weighted by molar-refractivity contribution is 6.32. The van der Waals surface area contributed by atoms with Gasteiger partial charge in [0.05, 0.1) is 17.4 Å². The van der Waals surface area contributed by atoms with Crippen LogP contribution < -0.4 is 5.73 Å². The van der Waals surface area contributed by atoms with Gasteiger partial charge in [-0.3, -0.25) is 4.79 Å². The van der Waals surface area contributed by atoms with Crippen LogP contribution in [0.15, 0.2) is 23.9 Å². The lowest BCUT2D eigenvalue weighted by atomic mass is 10.1.